The number of halogens is 1. The predicted octanol–water partition coefficient (Wildman–Crippen LogP) is 3.47. The molecule has 21 heavy (non-hydrogen) atoms. The lowest BCUT2D eigenvalue weighted by Gasteiger charge is -2.30. The molecule has 2 aromatic rings. The number of carbonyl (C=O) groups excluding carboxylic acids is 1. The summed E-state index contributed by atoms with van der Waals surface area (Å²) in [5, 5.41) is 8.77. The zero-order valence-corrected chi connectivity index (χ0v) is 13.6. The molecular weight excluding hydrogens is 328 g/mol. The van der Waals surface area contributed by atoms with Gasteiger partial charge >= 0.3 is 0 Å². The van der Waals surface area contributed by atoms with Crippen molar-refractivity contribution in [2.75, 3.05) is 6.54 Å². The highest BCUT2D eigenvalue weighted by Crippen LogP contribution is 2.21. The Bertz CT molecular complexity index is 671. The van der Waals surface area contributed by atoms with E-state index in [-0.39, 0.29) is 11.9 Å². The van der Waals surface area contributed by atoms with E-state index in [9.17, 15) is 4.79 Å². The number of carbonyl (C=O) groups is 1. The van der Waals surface area contributed by atoms with Crippen molar-refractivity contribution in [3.8, 4) is 0 Å². The highest BCUT2D eigenvalue weighted by molar-refractivity contribution is 9.10. The van der Waals surface area contributed by atoms with Gasteiger partial charge < -0.3 is 10.6 Å². The topological polar surface area (TPSA) is 41.1 Å². The molecule has 1 saturated heterocycles. The van der Waals surface area contributed by atoms with Gasteiger partial charge in [-0.3, -0.25) is 4.79 Å². The van der Waals surface area contributed by atoms with E-state index < -0.39 is 0 Å². The molecule has 0 aromatic heterocycles. The minimum atomic E-state index is 0.0142. The van der Waals surface area contributed by atoms with Crippen LogP contribution in [0.15, 0.2) is 40.9 Å². The number of nitrogens with one attached hydrogen (secondary N) is 2. The fraction of sp³-hybridized carbons (Fsp3) is 0.353. The molecule has 0 saturated carbocycles. The van der Waals surface area contributed by atoms with Crippen molar-refractivity contribution in [3.63, 3.8) is 0 Å². The first-order valence-corrected chi connectivity index (χ1v) is 8.16. The van der Waals surface area contributed by atoms with Crippen LogP contribution < -0.4 is 10.6 Å². The number of amides is 1. The predicted molar refractivity (Wildman–Crippen MR) is 89.6 cm³/mol. The second-order valence-corrected chi connectivity index (χ2v) is 6.59. The monoisotopic (exact) mass is 346 g/mol. The van der Waals surface area contributed by atoms with Crippen molar-refractivity contribution in [1.82, 2.24) is 10.6 Å². The summed E-state index contributed by atoms with van der Waals surface area (Å²) in [6.45, 7) is 3.17. The standard InChI is InChI=1S/C17H19BrN2O/c1-11-16(3-2-8-19-11)20-17(21)14-5-4-13-10-15(18)7-6-12(13)9-14/h4-7,9-11,16,19H,2-3,8H2,1H3,(H,20,21). The fourth-order valence-electron chi connectivity index (χ4n) is 2.85. The number of benzene rings is 2. The zero-order valence-electron chi connectivity index (χ0n) is 12.0. The Labute approximate surface area is 133 Å². The molecule has 2 N–H and O–H groups in total. The van der Waals surface area contributed by atoms with Crippen LogP contribution in [0, 0.1) is 0 Å². The SMILES string of the molecule is CC1NCCCC1NC(=O)c1ccc2cc(Br)ccc2c1. The van der Waals surface area contributed by atoms with Gasteiger partial charge in [-0.25, -0.2) is 0 Å². The van der Waals surface area contributed by atoms with E-state index in [2.05, 4.69) is 39.6 Å². The second-order valence-electron chi connectivity index (χ2n) is 5.67. The summed E-state index contributed by atoms with van der Waals surface area (Å²) in [7, 11) is 0. The third-order valence-electron chi connectivity index (χ3n) is 4.14. The molecule has 110 valence electrons. The van der Waals surface area contributed by atoms with Crippen LogP contribution in [0.3, 0.4) is 0 Å². The lowest BCUT2D eigenvalue weighted by atomic mass is 9.99. The average Bonchev–Trinajstić information content (AvgIpc) is 2.49. The molecule has 1 fully saturated rings. The van der Waals surface area contributed by atoms with Gasteiger partial charge in [0.2, 0.25) is 0 Å². The molecule has 1 amide bonds. The molecule has 1 aliphatic rings. The van der Waals surface area contributed by atoms with Crippen molar-refractivity contribution < 1.29 is 4.79 Å². The first kappa shape index (κ1) is 14.5. The number of hydrogen-bond acceptors (Lipinski definition) is 2. The quantitative estimate of drug-likeness (QED) is 0.873. The average molecular weight is 347 g/mol. The number of fused-ring (bicyclic) bond motifs is 1. The third kappa shape index (κ3) is 3.27. The van der Waals surface area contributed by atoms with Crippen molar-refractivity contribution in [3.05, 3.63) is 46.4 Å². The maximum atomic E-state index is 12.4. The van der Waals surface area contributed by atoms with E-state index in [0.717, 1.165) is 40.2 Å². The molecule has 0 spiro atoms. The molecule has 4 heteroatoms. The van der Waals surface area contributed by atoms with Gasteiger partial charge in [-0.15, -0.1) is 0 Å². The van der Waals surface area contributed by atoms with Crippen LogP contribution in [-0.4, -0.2) is 24.5 Å². The molecule has 0 bridgehead atoms. The summed E-state index contributed by atoms with van der Waals surface area (Å²) < 4.78 is 1.05. The molecule has 1 heterocycles. The number of rotatable bonds is 2. The van der Waals surface area contributed by atoms with Gasteiger partial charge in [0.05, 0.1) is 0 Å². The molecular formula is C17H19BrN2O. The molecule has 0 radical (unpaired) electrons. The molecule has 2 aromatic carbocycles. The van der Waals surface area contributed by atoms with E-state index in [0.29, 0.717) is 6.04 Å². The molecule has 3 nitrogen and oxygen atoms in total. The minimum absolute atomic E-state index is 0.0142. The highest BCUT2D eigenvalue weighted by atomic mass is 79.9. The lowest BCUT2D eigenvalue weighted by molar-refractivity contribution is 0.0920. The second kappa shape index (κ2) is 6.16. The maximum absolute atomic E-state index is 12.4. The molecule has 0 aliphatic carbocycles. The first-order chi connectivity index (χ1) is 10.1. The van der Waals surface area contributed by atoms with Crippen molar-refractivity contribution in [2.45, 2.75) is 31.8 Å². The Hall–Kier alpha value is -1.39. The summed E-state index contributed by atoms with van der Waals surface area (Å²) in [5.74, 6) is 0.0142. The lowest BCUT2D eigenvalue weighted by Crippen LogP contribution is -2.51. The molecule has 1 aliphatic heterocycles. The van der Waals surface area contributed by atoms with Crippen LogP contribution in [0.25, 0.3) is 10.8 Å². The fourth-order valence-corrected chi connectivity index (χ4v) is 3.23. The van der Waals surface area contributed by atoms with Crippen LogP contribution in [0.2, 0.25) is 0 Å². The molecule has 3 rings (SSSR count). The Morgan fingerprint density at radius 3 is 2.81 bits per heavy atom. The summed E-state index contributed by atoms with van der Waals surface area (Å²) in [6, 6.07) is 12.5. The van der Waals surface area contributed by atoms with Crippen LogP contribution in [0.4, 0.5) is 0 Å². The molecule has 2 unspecified atom stereocenters. The summed E-state index contributed by atoms with van der Waals surface area (Å²) in [4.78, 5) is 12.4. The maximum Gasteiger partial charge on any atom is 0.251 e. The van der Waals surface area contributed by atoms with Crippen LogP contribution in [0.1, 0.15) is 30.1 Å². The Morgan fingerprint density at radius 2 is 2.00 bits per heavy atom. The molecule has 2 atom stereocenters. The largest absolute Gasteiger partial charge is 0.348 e. The van der Waals surface area contributed by atoms with Gasteiger partial charge in [-0.05, 0) is 61.3 Å². The third-order valence-corrected chi connectivity index (χ3v) is 4.64. The minimum Gasteiger partial charge on any atom is -0.348 e. The van der Waals surface area contributed by atoms with Gasteiger partial charge in [0, 0.05) is 22.1 Å². The van der Waals surface area contributed by atoms with Gasteiger partial charge in [0.25, 0.3) is 5.91 Å². The Kier molecular flexibility index (Phi) is 4.27. The number of hydrogen-bond donors (Lipinski definition) is 2. The zero-order chi connectivity index (χ0) is 14.8. The van der Waals surface area contributed by atoms with Crippen molar-refractivity contribution in [2.24, 2.45) is 0 Å². The Balaban J connectivity index is 1.79. The first-order valence-electron chi connectivity index (χ1n) is 7.37. The van der Waals surface area contributed by atoms with E-state index in [1.165, 1.54) is 0 Å². The van der Waals surface area contributed by atoms with E-state index in [1.54, 1.807) is 0 Å². The summed E-state index contributed by atoms with van der Waals surface area (Å²) in [6.07, 6.45) is 2.15. The van der Waals surface area contributed by atoms with Crippen LogP contribution >= 0.6 is 15.9 Å². The smallest absolute Gasteiger partial charge is 0.251 e. The van der Waals surface area contributed by atoms with Crippen molar-refractivity contribution >= 4 is 32.6 Å². The van der Waals surface area contributed by atoms with Gasteiger partial charge in [0.15, 0.2) is 0 Å². The van der Waals surface area contributed by atoms with Gasteiger partial charge in [-0.1, -0.05) is 28.1 Å². The van der Waals surface area contributed by atoms with E-state index >= 15 is 0 Å². The van der Waals surface area contributed by atoms with Crippen LogP contribution in [0.5, 0.6) is 0 Å². The summed E-state index contributed by atoms with van der Waals surface area (Å²) >= 11 is 3.47. The van der Waals surface area contributed by atoms with Crippen LogP contribution in [-0.2, 0) is 0 Å². The van der Waals surface area contributed by atoms with Gasteiger partial charge in [-0.2, -0.15) is 0 Å². The van der Waals surface area contributed by atoms with E-state index in [4.69, 9.17) is 0 Å². The number of piperidine rings is 1. The summed E-state index contributed by atoms with van der Waals surface area (Å²) in [5.41, 5.74) is 0.725. The van der Waals surface area contributed by atoms with Crippen molar-refractivity contribution in [1.29, 1.82) is 0 Å². The highest BCUT2D eigenvalue weighted by Gasteiger charge is 2.22. The van der Waals surface area contributed by atoms with Gasteiger partial charge in [0.1, 0.15) is 0 Å². The van der Waals surface area contributed by atoms with E-state index in [1.807, 2.05) is 30.3 Å². The normalized spacial score (nSPS) is 22.2. The Morgan fingerprint density at radius 1 is 1.24 bits per heavy atom.